The van der Waals surface area contributed by atoms with Crippen LogP contribution in [0.15, 0.2) is 24.3 Å². The zero-order chi connectivity index (χ0) is 14.1. The molecule has 0 aliphatic carbocycles. The number of carbonyl (C=O) groups excluding carboxylic acids is 2. The zero-order valence-corrected chi connectivity index (χ0v) is 11.7. The SMILES string of the molecule is CCNCCNC(=O)CCC(=O)c1ccc(C)cc1. The molecule has 1 amide bonds. The van der Waals surface area contributed by atoms with Gasteiger partial charge in [-0.3, -0.25) is 9.59 Å². The van der Waals surface area contributed by atoms with E-state index >= 15 is 0 Å². The van der Waals surface area contributed by atoms with Gasteiger partial charge < -0.3 is 10.6 Å². The van der Waals surface area contributed by atoms with Crippen LogP contribution in [0.3, 0.4) is 0 Å². The van der Waals surface area contributed by atoms with E-state index in [1.807, 2.05) is 26.0 Å². The van der Waals surface area contributed by atoms with Gasteiger partial charge in [-0.15, -0.1) is 0 Å². The Hall–Kier alpha value is -1.68. The highest BCUT2D eigenvalue weighted by Crippen LogP contribution is 2.07. The monoisotopic (exact) mass is 262 g/mol. The summed E-state index contributed by atoms with van der Waals surface area (Å²) in [4.78, 5) is 23.3. The first-order chi connectivity index (χ1) is 9.13. The van der Waals surface area contributed by atoms with Crippen LogP contribution in [-0.4, -0.2) is 31.3 Å². The maximum absolute atomic E-state index is 11.8. The zero-order valence-electron chi connectivity index (χ0n) is 11.7. The van der Waals surface area contributed by atoms with Gasteiger partial charge in [-0.05, 0) is 13.5 Å². The number of hydrogen-bond acceptors (Lipinski definition) is 3. The molecule has 0 aliphatic rings. The van der Waals surface area contributed by atoms with Gasteiger partial charge in [0.15, 0.2) is 5.78 Å². The highest BCUT2D eigenvalue weighted by atomic mass is 16.2. The minimum absolute atomic E-state index is 0.0156. The molecular weight excluding hydrogens is 240 g/mol. The minimum Gasteiger partial charge on any atom is -0.355 e. The second-order valence-electron chi connectivity index (χ2n) is 4.49. The van der Waals surface area contributed by atoms with Crippen molar-refractivity contribution in [3.05, 3.63) is 35.4 Å². The molecule has 104 valence electrons. The Balaban J connectivity index is 2.26. The van der Waals surface area contributed by atoms with Gasteiger partial charge in [0, 0.05) is 31.5 Å². The van der Waals surface area contributed by atoms with Gasteiger partial charge >= 0.3 is 0 Å². The number of aryl methyl sites for hydroxylation is 1. The molecule has 0 spiro atoms. The van der Waals surface area contributed by atoms with Crippen LogP contribution in [0, 0.1) is 6.92 Å². The summed E-state index contributed by atoms with van der Waals surface area (Å²) in [5.41, 5.74) is 1.80. The number of nitrogens with one attached hydrogen (secondary N) is 2. The topological polar surface area (TPSA) is 58.2 Å². The maximum atomic E-state index is 11.8. The Labute approximate surface area is 114 Å². The van der Waals surface area contributed by atoms with Crippen molar-refractivity contribution in [1.82, 2.24) is 10.6 Å². The van der Waals surface area contributed by atoms with Crippen LogP contribution in [0.1, 0.15) is 35.7 Å². The lowest BCUT2D eigenvalue weighted by Gasteiger charge is -2.05. The molecule has 0 aliphatic heterocycles. The van der Waals surface area contributed by atoms with E-state index in [4.69, 9.17) is 0 Å². The lowest BCUT2D eigenvalue weighted by Crippen LogP contribution is -2.31. The quantitative estimate of drug-likeness (QED) is 0.553. The van der Waals surface area contributed by atoms with E-state index in [9.17, 15) is 9.59 Å². The molecule has 0 saturated carbocycles. The first-order valence-electron chi connectivity index (χ1n) is 6.70. The van der Waals surface area contributed by atoms with Gasteiger partial charge in [0.2, 0.25) is 5.91 Å². The molecule has 4 heteroatoms. The number of hydrogen-bond donors (Lipinski definition) is 2. The van der Waals surface area contributed by atoms with E-state index < -0.39 is 0 Å². The highest BCUT2D eigenvalue weighted by Gasteiger charge is 2.08. The molecule has 4 nitrogen and oxygen atoms in total. The Morgan fingerprint density at radius 1 is 1.05 bits per heavy atom. The highest BCUT2D eigenvalue weighted by molar-refractivity contribution is 5.97. The van der Waals surface area contributed by atoms with Crippen molar-refractivity contribution in [3.63, 3.8) is 0 Å². The molecule has 1 aromatic carbocycles. The van der Waals surface area contributed by atoms with Crippen molar-refractivity contribution in [2.24, 2.45) is 0 Å². The van der Waals surface area contributed by atoms with Crippen molar-refractivity contribution < 1.29 is 9.59 Å². The molecule has 0 unspecified atom stereocenters. The molecule has 19 heavy (non-hydrogen) atoms. The number of likely N-dealkylation sites (N-methyl/N-ethyl adjacent to an activating group) is 1. The van der Waals surface area contributed by atoms with Crippen molar-refractivity contribution in [2.45, 2.75) is 26.7 Å². The summed E-state index contributed by atoms with van der Waals surface area (Å²) in [6.45, 7) is 6.25. The van der Waals surface area contributed by atoms with Crippen LogP contribution in [0.4, 0.5) is 0 Å². The van der Waals surface area contributed by atoms with E-state index in [0.717, 1.165) is 18.7 Å². The Bertz CT molecular complexity index is 413. The largest absolute Gasteiger partial charge is 0.355 e. The van der Waals surface area contributed by atoms with E-state index in [2.05, 4.69) is 10.6 Å². The van der Waals surface area contributed by atoms with Crippen LogP contribution in [0.2, 0.25) is 0 Å². The number of carbonyl (C=O) groups is 2. The lowest BCUT2D eigenvalue weighted by molar-refractivity contribution is -0.121. The average molecular weight is 262 g/mol. The Morgan fingerprint density at radius 2 is 1.74 bits per heavy atom. The summed E-state index contributed by atoms with van der Waals surface area (Å²) < 4.78 is 0. The third kappa shape index (κ3) is 6.15. The van der Waals surface area contributed by atoms with Gasteiger partial charge in [0.1, 0.15) is 0 Å². The minimum atomic E-state index is -0.0710. The van der Waals surface area contributed by atoms with Crippen LogP contribution in [0.25, 0.3) is 0 Å². The molecule has 0 radical (unpaired) electrons. The summed E-state index contributed by atoms with van der Waals surface area (Å²) in [6.07, 6.45) is 0.509. The fraction of sp³-hybridized carbons (Fsp3) is 0.467. The summed E-state index contributed by atoms with van der Waals surface area (Å²) in [5.74, 6) is -0.0554. The van der Waals surface area contributed by atoms with E-state index in [0.29, 0.717) is 12.1 Å². The Morgan fingerprint density at radius 3 is 2.37 bits per heavy atom. The third-order valence-electron chi connectivity index (χ3n) is 2.83. The van der Waals surface area contributed by atoms with Gasteiger partial charge in [-0.2, -0.15) is 0 Å². The molecule has 0 saturated heterocycles. The van der Waals surface area contributed by atoms with E-state index in [1.54, 1.807) is 12.1 Å². The van der Waals surface area contributed by atoms with Gasteiger partial charge in [-0.25, -0.2) is 0 Å². The number of benzene rings is 1. The summed E-state index contributed by atoms with van der Waals surface area (Å²) >= 11 is 0. The predicted molar refractivity (Wildman–Crippen MR) is 76.3 cm³/mol. The van der Waals surface area contributed by atoms with Gasteiger partial charge in [0.05, 0.1) is 0 Å². The number of rotatable bonds is 8. The molecule has 0 atom stereocenters. The van der Waals surface area contributed by atoms with Crippen LogP contribution in [-0.2, 0) is 4.79 Å². The molecule has 0 bridgehead atoms. The summed E-state index contributed by atoms with van der Waals surface area (Å²) in [7, 11) is 0. The molecule has 0 fully saturated rings. The molecule has 1 rings (SSSR count). The summed E-state index contributed by atoms with van der Waals surface area (Å²) in [6, 6.07) is 7.43. The summed E-state index contributed by atoms with van der Waals surface area (Å²) in [5, 5.41) is 5.90. The van der Waals surface area contributed by atoms with Crippen molar-refractivity contribution in [2.75, 3.05) is 19.6 Å². The molecular formula is C15H22N2O2. The average Bonchev–Trinajstić information content (AvgIpc) is 2.42. The number of ketones is 1. The van der Waals surface area contributed by atoms with E-state index in [1.165, 1.54) is 0 Å². The second kappa shape index (κ2) is 8.43. The van der Waals surface area contributed by atoms with Crippen molar-refractivity contribution >= 4 is 11.7 Å². The van der Waals surface area contributed by atoms with Crippen molar-refractivity contribution in [1.29, 1.82) is 0 Å². The molecule has 0 aromatic heterocycles. The van der Waals surface area contributed by atoms with Crippen molar-refractivity contribution in [3.8, 4) is 0 Å². The first kappa shape index (κ1) is 15.4. The standard InChI is InChI=1S/C15H22N2O2/c1-3-16-10-11-17-15(19)9-8-14(18)13-6-4-12(2)5-7-13/h4-7,16H,3,8-11H2,1-2H3,(H,17,19). The van der Waals surface area contributed by atoms with E-state index in [-0.39, 0.29) is 24.5 Å². The number of amides is 1. The smallest absolute Gasteiger partial charge is 0.220 e. The lowest BCUT2D eigenvalue weighted by atomic mass is 10.1. The van der Waals surface area contributed by atoms with Crippen LogP contribution < -0.4 is 10.6 Å². The molecule has 1 aromatic rings. The second-order valence-corrected chi connectivity index (χ2v) is 4.49. The van der Waals surface area contributed by atoms with Crippen LogP contribution in [0.5, 0.6) is 0 Å². The fourth-order valence-corrected chi connectivity index (χ4v) is 1.67. The molecule has 0 heterocycles. The number of Topliss-reactive ketones (excluding diaryl/α,β-unsaturated/α-hetero) is 1. The Kier molecular flexibility index (Phi) is 6.82. The maximum Gasteiger partial charge on any atom is 0.220 e. The van der Waals surface area contributed by atoms with Gasteiger partial charge in [-0.1, -0.05) is 36.8 Å². The fourth-order valence-electron chi connectivity index (χ4n) is 1.67. The third-order valence-corrected chi connectivity index (χ3v) is 2.83. The normalized spacial score (nSPS) is 10.2. The predicted octanol–water partition coefficient (Wildman–Crippen LogP) is 1.68. The first-order valence-corrected chi connectivity index (χ1v) is 6.70. The van der Waals surface area contributed by atoms with Crippen LogP contribution >= 0.6 is 0 Å². The molecule has 2 N–H and O–H groups in total. The van der Waals surface area contributed by atoms with Gasteiger partial charge in [0.25, 0.3) is 0 Å².